The van der Waals surface area contributed by atoms with Crippen molar-refractivity contribution in [3.63, 3.8) is 0 Å². The van der Waals surface area contributed by atoms with Crippen LogP contribution < -0.4 is 0 Å². The molecule has 114 valence electrons. The maximum atomic E-state index is 12.1. The zero-order chi connectivity index (χ0) is 15.8. The number of hydrogen-bond acceptors (Lipinski definition) is 5. The molecule has 0 N–H and O–H groups in total. The maximum absolute atomic E-state index is 12.1. The highest BCUT2D eigenvalue weighted by atomic mass is 16.5. The first kappa shape index (κ1) is 16.8. The Bertz CT molecular complexity index is 533. The molecule has 0 fully saturated rings. The Balaban J connectivity index is 3.15. The van der Waals surface area contributed by atoms with Crippen molar-refractivity contribution in [2.75, 3.05) is 21.3 Å². The molecular formula is C16H20O5. The molecule has 0 saturated heterocycles. The topological polar surface area (TPSA) is 61.8 Å². The van der Waals surface area contributed by atoms with Gasteiger partial charge in [-0.15, -0.1) is 0 Å². The molecule has 0 bridgehead atoms. The zero-order valence-electron chi connectivity index (χ0n) is 12.7. The second-order valence-corrected chi connectivity index (χ2v) is 4.51. The third-order valence-corrected chi connectivity index (χ3v) is 3.18. The molecule has 0 saturated carbocycles. The summed E-state index contributed by atoms with van der Waals surface area (Å²) in [4.78, 5) is 23.8. The molecule has 1 rings (SSSR count). The van der Waals surface area contributed by atoms with Crippen LogP contribution in [-0.2, 0) is 23.8 Å². The molecule has 1 aromatic rings. The molecule has 0 radical (unpaired) electrons. The van der Waals surface area contributed by atoms with Gasteiger partial charge in [0.25, 0.3) is 0 Å². The summed E-state index contributed by atoms with van der Waals surface area (Å²) in [6, 6.07) is 7.48. The van der Waals surface area contributed by atoms with Crippen molar-refractivity contribution >= 4 is 11.9 Å². The number of rotatable bonds is 6. The van der Waals surface area contributed by atoms with E-state index in [0.717, 1.165) is 11.1 Å². The van der Waals surface area contributed by atoms with Gasteiger partial charge in [0.05, 0.1) is 39.1 Å². The van der Waals surface area contributed by atoms with E-state index in [0.29, 0.717) is 0 Å². The second kappa shape index (κ2) is 8.09. The highest BCUT2D eigenvalue weighted by Gasteiger charge is 2.27. The fourth-order valence-corrected chi connectivity index (χ4v) is 2.11. The monoisotopic (exact) mass is 292 g/mol. The van der Waals surface area contributed by atoms with Crippen LogP contribution in [0.4, 0.5) is 0 Å². The highest BCUT2D eigenvalue weighted by Crippen LogP contribution is 2.28. The molecular weight excluding hydrogens is 272 g/mol. The van der Waals surface area contributed by atoms with Gasteiger partial charge in [-0.25, -0.2) is 4.79 Å². The van der Waals surface area contributed by atoms with Gasteiger partial charge >= 0.3 is 11.9 Å². The van der Waals surface area contributed by atoms with E-state index in [-0.39, 0.29) is 12.0 Å². The molecule has 5 heteroatoms. The molecule has 1 atom stereocenters. The molecule has 0 heterocycles. The normalized spacial score (nSPS) is 12.5. The summed E-state index contributed by atoms with van der Waals surface area (Å²) < 4.78 is 14.5. The summed E-state index contributed by atoms with van der Waals surface area (Å²) in [5.74, 6) is -1.52. The lowest BCUT2D eigenvalue weighted by atomic mass is 9.89. The molecule has 1 unspecified atom stereocenters. The molecule has 21 heavy (non-hydrogen) atoms. The van der Waals surface area contributed by atoms with Crippen LogP contribution >= 0.6 is 0 Å². The van der Waals surface area contributed by atoms with Gasteiger partial charge < -0.3 is 14.2 Å². The number of ether oxygens (including phenoxy) is 3. The van der Waals surface area contributed by atoms with Crippen LogP contribution in [-0.4, -0.2) is 33.3 Å². The maximum Gasteiger partial charge on any atom is 0.336 e. The first-order valence-corrected chi connectivity index (χ1v) is 6.48. The van der Waals surface area contributed by atoms with Crippen molar-refractivity contribution in [2.45, 2.75) is 19.3 Å². The smallest absolute Gasteiger partial charge is 0.336 e. The van der Waals surface area contributed by atoms with E-state index in [1.54, 1.807) is 0 Å². The van der Waals surface area contributed by atoms with E-state index in [2.05, 4.69) is 0 Å². The zero-order valence-corrected chi connectivity index (χ0v) is 12.7. The Morgan fingerprint density at radius 2 is 1.81 bits per heavy atom. The van der Waals surface area contributed by atoms with Crippen LogP contribution in [0.25, 0.3) is 0 Å². The van der Waals surface area contributed by atoms with Gasteiger partial charge in [0, 0.05) is 0 Å². The number of methoxy groups -OCH3 is 3. The van der Waals surface area contributed by atoms with Crippen molar-refractivity contribution < 1.29 is 23.8 Å². The SMILES string of the molecule is COC=C(CC(C(=O)OC)c1ccccc1C)C(=O)OC. The van der Waals surface area contributed by atoms with E-state index in [1.807, 2.05) is 31.2 Å². The summed E-state index contributed by atoms with van der Waals surface area (Å²) in [7, 11) is 4.04. The lowest BCUT2D eigenvalue weighted by Gasteiger charge is -2.18. The quantitative estimate of drug-likeness (QED) is 0.457. The van der Waals surface area contributed by atoms with Gasteiger partial charge in [0.15, 0.2) is 0 Å². The Morgan fingerprint density at radius 3 is 2.33 bits per heavy atom. The summed E-state index contributed by atoms with van der Waals surface area (Å²) in [5.41, 5.74) is 2.04. The first-order chi connectivity index (χ1) is 10.0. The number of esters is 2. The van der Waals surface area contributed by atoms with E-state index in [1.165, 1.54) is 27.6 Å². The van der Waals surface area contributed by atoms with Crippen molar-refractivity contribution in [2.24, 2.45) is 0 Å². The fraction of sp³-hybridized carbons (Fsp3) is 0.375. The van der Waals surface area contributed by atoms with Gasteiger partial charge in [0.1, 0.15) is 0 Å². The Labute approximate surface area is 124 Å². The van der Waals surface area contributed by atoms with Gasteiger partial charge in [-0.05, 0) is 24.5 Å². The van der Waals surface area contributed by atoms with Gasteiger partial charge in [-0.1, -0.05) is 24.3 Å². The predicted molar refractivity (Wildman–Crippen MR) is 77.7 cm³/mol. The summed E-state index contributed by atoms with van der Waals surface area (Å²) >= 11 is 0. The summed E-state index contributed by atoms with van der Waals surface area (Å²) in [6.45, 7) is 1.91. The lowest BCUT2D eigenvalue weighted by molar-refractivity contribution is -0.142. The minimum absolute atomic E-state index is 0.151. The van der Waals surface area contributed by atoms with E-state index in [9.17, 15) is 9.59 Å². The van der Waals surface area contributed by atoms with Crippen LogP contribution in [0.1, 0.15) is 23.5 Å². The number of carbonyl (C=O) groups excluding carboxylic acids is 2. The van der Waals surface area contributed by atoms with Crippen molar-refractivity contribution in [1.29, 1.82) is 0 Å². The summed E-state index contributed by atoms with van der Waals surface area (Å²) in [5, 5.41) is 0. The van der Waals surface area contributed by atoms with Crippen LogP contribution in [0.3, 0.4) is 0 Å². The molecule has 1 aromatic carbocycles. The second-order valence-electron chi connectivity index (χ2n) is 4.51. The molecule has 0 spiro atoms. The lowest BCUT2D eigenvalue weighted by Crippen LogP contribution is -2.19. The fourth-order valence-electron chi connectivity index (χ4n) is 2.11. The van der Waals surface area contributed by atoms with Crippen LogP contribution in [0, 0.1) is 6.92 Å². The third-order valence-electron chi connectivity index (χ3n) is 3.18. The van der Waals surface area contributed by atoms with Crippen LogP contribution in [0.2, 0.25) is 0 Å². The molecule has 0 aliphatic carbocycles. The van der Waals surface area contributed by atoms with Gasteiger partial charge in [-0.2, -0.15) is 0 Å². The summed E-state index contributed by atoms with van der Waals surface area (Å²) in [6.07, 6.45) is 1.44. The molecule has 0 amide bonds. The Hall–Kier alpha value is -2.30. The van der Waals surface area contributed by atoms with E-state index in [4.69, 9.17) is 14.2 Å². The van der Waals surface area contributed by atoms with E-state index < -0.39 is 17.9 Å². The van der Waals surface area contributed by atoms with Crippen LogP contribution in [0.5, 0.6) is 0 Å². The average Bonchev–Trinajstić information content (AvgIpc) is 2.50. The minimum Gasteiger partial charge on any atom is -0.504 e. The van der Waals surface area contributed by atoms with E-state index >= 15 is 0 Å². The van der Waals surface area contributed by atoms with Gasteiger partial charge in [-0.3, -0.25) is 4.79 Å². The first-order valence-electron chi connectivity index (χ1n) is 6.48. The standard InChI is InChI=1S/C16H20O5/c1-11-7-5-6-8-13(11)14(16(18)21-4)9-12(10-19-2)15(17)20-3/h5-8,10,14H,9H2,1-4H3. The number of hydrogen-bond donors (Lipinski definition) is 0. The average molecular weight is 292 g/mol. The largest absolute Gasteiger partial charge is 0.504 e. The van der Waals surface area contributed by atoms with Crippen molar-refractivity contribution in [3.05, 3.63) is 47.2 Å². The molecule has 0 aliphatic rings. The Kier molecular flexibility index (Phi) is 6.46. The highest BCUT2D eigenvalue weighted by molar-refractivity contribution is 5.90. The van der Waals surface area contributed by atoms with Crippen molar-refractivity contribution in [3.8, 4) is 0 Å². The number of aryl methyl sites for hydroxylation is 1. The minimum atomic E-state index is -0.586. The van der Waals surface area contributed by atoms with Crippen molar-refractivity contribution in [1.82, 2.24) is 0 Å². The molecule has 0 aromatic heterocycles. The predicted octanol–water partition coefficient (Wildman–Crippen LogP) is 2.35. The third kappa shape index (κ3) is 4.34. The molecule has 5 nitrogen and oxygen atoms in total. The Morgan fingerprint density at radius 1 is 1.14 bits per heavy atom. The number of benzene rings is 1. The van der Waals surface area contributed by atoms with Crippen LogP contribution in [0.15, 0.2) is 36.1 Å². The van der Waals surface area contributed by atoms with Gasteiger partial charge in [0.2, 0.25) is 0 Å². The molecule has 0 aliphatic heterocycles. The number of carbonyl (C=O) groups is 2.